The lowest BCUT2D eigenvalue weighted by Crippen LogP contribution is -2.54. The second-order valence-electron chi connectivity index (χ2n) is 8.80. The summed E-state index contributed by atoms with van der Waals surface area (Å²) < 4.78 is 32.7. The number of carbonyl (C=O) groups is 1. The van der Waals surface area contributed by atoms with E-state index in [9.17, 15) is 9.18 Å². The highest BCUT2D eigenvalue weighted by atomic mass is 19.1. The highest BCUT2D eigenvalue weighted by Crippen LogP contribution is 2.34. The first-order valence-electron chi connectivity index (χ1n) is 10.8. The van der Waals surface area contributed by atoms with Crippen LogP contribution in [0.15, 0.2) is 30.5 Å². The molecule has 2 atom stereocenters. The molecule has 1 aliphatic heterocycles. The van der Waals surface area contributed by atoms with Crippen LogP contribution in [-0.4, -0.2) is 50.6 Å². The molecular formula is C23H25F2N7O. The van der Waals surface area contributed by atoms with Crippen LogP contribution in [0.4, 0.5) is 26.0 Å². The molecule has 0 aliphatic carbocycles. The summed E-state index contributed by atoms with van der Waals surface area (Å²) in [6, 6.07) is 6.74. The van der Waals surface area contributed by atoms with Crippen molar-refractivity contribution in [2.45, 2.75) is 32.9 Å². The second-order valence-corrected chi connectivity index (χ2v) is 8.80. The van der Waals surface area contributed by atoms with Gasteiger partial charge in [0.1, 0.15) is 11.3 Å². The highest BCUT2D eigenvalue weighted by molar-refractivity contribution is 6.00. The van der Waals surface area contributed by atoms with Crippen LogP contribution in [0.3, 0.4) is 0 Å². The van der Waals surface area contributed by atoms with Crippen molar-refractivity contribution in [3.63, 3.8) is 0 Å². The molecule has 3 heterocycles. The molecule has 0 radical (unpaired) electrons. The molecule has 2 aromatic heterocycles. The Bertz CT molecular complexity index is 1380. The van der Waals surface area contributed by atoms with Crippen molar-refractivity contribution in [1.29, 1.82) is 0 Å². The fourth-order valence-corrected chi connectivity index (χ4v) is 4.65. The van der Waals surface area contributed by atoms with Gasteiger partial charge in [-0.1, -0.05) is 0 Å². The van der Waals surface area contributed by atoms with Gasteiger partial charge in [0.2, 0.25) is 5.91 Å². The number of halogens is 2. The molecule has 0 spiro atoms. The number of rotatable bonds is 3. The normalized spacial score (nSPS) is 18.9. The lowest BCUT2D eigenvalue weighted by atomic mass is 10.1. The monoisotopic (exact) mass is 453 g/mol. The number of nitrogens with one attached hydrogen (secondary N) is 2. The van der Waals surface area contributed by atoms with E-state index < -0.39 is 11.6 Å². The van der Waals surface area contributed by atoms with Gasteiger partial charge in [-0.15, -0.1) is 5.10 Å². The van der Waals surface area contributed by atoms with Crippen LogP contribution in [0, 0.1) is 11.6 Å². The maximum atomic E-state index is 15.4. The van der Waals surface area contributed by atoms with Gasteiger partial charge < -0.3 is 15.5 Å². The third-order valence-corrected chi connectivity index (χ3v) is 5.88. The molecule has 0 amide bonds. The molecule has 8 nitrogen and oxygen atoms in total. The number of aromatic nitrogens is 4. The summed E-state index contributed by atoms with van der Waals surface area (Å²) in [5.41, 5.74) is 1.69. The van der Waals surface area contributed by atoms with Crippen molar-refractivity contribution in [3.05, 3.63) is 42.1 Å². The van der Waals surface area contributed by atoms with Crippen molar-refractivity contribution in [3.8, 4) is 0 Å². The van der Waals surface area contributed by atoms with E-state index in [0.29, 0.717) is 22.3 Å². The second kappa shape index (κ2) is 7.80. The van der Waals surface area contributed by atoms with Crippen molar-refractivity contribution in [2.24, 2.45) is 7.05 Å². The van der Waals surface area contributed by atoms with E-state index in [1.807, 2.05) is 0 Å². The van der Waals surface area contributed by atoms with Crippen molar-refractivity contribution < 1.29 is 13.6 Å². The number of carbonyl (C=O) groups excluding carboxylic acids is 1. The molecule has 4 aromatic rings. The minimum Gasteiger partial charge on any atom is -0.368 e. The molecule has 0 saturated carbocycles. The van der Waals surface area contributed by atoms with Crippen LogP contribution in [-0.2, 0) is 7.05 Å². The molecule has 2 N–H and O–H groups in total. The summed E-state index contributed by atoms with van der Waals surface area (Å²) in [6.07, 6.45) is 1.69. The van der Waals surface area contributed by atoms with E-state index in [0.717, 1.165) is 13.1 Å². The summed E-state index contributed by atoms with van der Waals surface area (Å²) in [6.45, 7) is 6.98. The van der Waals surface area contributed by atoms with Gasteiger partial charge in [0, 0.05) is 62.1 Å². The Hall–Kier alpha value is -3.53. The average Bonchev–Trinajstić information content (AvgIpc) is 3.28. The summed E-state index contributed by atoms with van der Waals surface area (Å²) in [7, 11) is 1.71. The van der Waals surface area contributed by atoms with Gasteiger partial charge in [-0.05, 0) is 38.1 Å². The van der Waals surface area contributed by atoms with Crippen LogP contribution in [0.5, 0.6) is 0 Å². The number of nitrogens with zero attached hydrogens (tertiary/aromatic N) is 5. The standard InChI is InChI=1S/C23H25F2N7O/c1-12-9-31(10-13(2)26-12)17-7-18(24)21-20(8-17)32(14(3)33)29-23(21)27-16-5-15-11-30(4)28-22(15)19(25)6-16/h5-8,11-13,26H,9-10H2,1-4H3,(H,27,29)/t12-,13-/m0/s1. The first-order chi connectivity index (χ1) is 15.7. The highest BCUT2D eigenvalue weighted by Gasteiger charge is 2.25. The predicted octanol–water partition coefficient (Wildman–Crippen LogP) is 3.79. The number of fused-ring (bicyclic) bond motifs is 2. The van der Waals surface area contributed by atoms with Crippen LogP contribution in [0.25, 0.3) is 21.8 Å². The molecule has 33 heavy (non-hydrogen) atoms. The van der Waals surface area contributed by atoms with Crippen LogP contribution in [0.2, 0.25) is 0 Å². The van der Waals surface area contributed by atoms with Crippen LogP contribution < -0.4 is 15.5 Å². The summed E-state index contributed by atoms with van der Waals surface area (Å²) in [5.74, 6) is -1.20. The smallest absolute Gasteiger partial charge is 0.244 e. The summed E-state index contributed by atoms with van der Waals surface area (Å²) in [4.78, 5) is 14.4. The van der Waals surface area contributed by atoms with E-state index in [1.54, 1.807) is 25.4 Å². The molecule has 2 aromatic carbocycles. The average molecular weight is 453 g/mol. The number of aryl methyl sites for hydroxylation is 1. The molecular weight excluding hydrogens is 428 g/mol. The van der Waals surface area contributed by atoms with Gasteiger partial charge in [-0.3, -0.25) is 9.48 Å². The zero-order valence-electron chi connectivity index (χ0n) is 18.9. The van der Waals surface area contributed by atoms with Crippen molar-refractivity contribution >= 4 is 44.9 Å². The Balaban J connectivity index is 1.59. The SMILES string of the molecule is CC(=O)n1nc(Nc2cc(F)c3nn(C)cc3c2)c2c(F)cc(N3C[C@H](C)N[C@@H](C)C3)cc21. The fourth-order valence-electron chi connectivity index (χ4n) is 4.65. The Morgan fingerprint density at radius 2 is 1.82 bits per heavy atom. The predicted molar refractivity (Wildman–Crippen MR) is 124 cm³/mol. The number of benzene rings is 2. The van der Waals surface area contributed by atoms with Gasteiger partial charge >= 0.3 is 0 Å². The summed E-state index contributed by atoms with van der Waals surface area (Å²) in [5, 5.41) is 15.6. The van der Waals surface area contributed by atoms with E-state index in [1.165, 1.54) is 28.4 Å². The maximum Gasteiger partial charge on any atom is 0.244 e. The Morgan fingerprint density at radius 1 is 1.09 bits per heavy atom. The van der Waals surface area contributed by atoms with Gasteiger partial charge in [0.25, 0.3) is 0 Å². The third-order valence-electron chi connectivity index (χ3n) is 5.88. The van der Waals surface area contributed by atoms with E-state index in [2.05, 4.69) is 39.6 Å². The fraction of sp³-hybridized carbons (Fsp3) is 0.348. The molecule has 172 valence electrons. The van der Waals surface area contributed by atoms with Crippen LogP contribution >= 0.6 is 0 Å². The molecule has 1 aliphatic rings. The minimum atomic E-state index is -0.504. The molecule has 1 saturated heterocycles. The largest absolute Gasteiger partial charge is 0.368 e. The maximum absolute atomic E-state index is 15.4. The van der Waals surface area contributed by atoms with Gasteiger partial charge in [-0.2, -0.15) is 9.78 Å². The number of hydrogen-bond donors (Lipinski definition) is 2. The van der Waals surface area contributed by atoms with E-state index in [4.69, 9.17) is 0 Å². The molecule has 0 bridgehead atoms. The number of hydrogen-bond acceptors (Lipinski definition) is 6. The molecule has 0 unspecified atom stereocenters. The zero-order chi connectivity index (χ0) is 23.4. The van der Waals surface area contributed by atoms with Crippen molar-refractivity contribution in [2.75, 3.05) is 23.3 Å². The lowest BCUT2D eigenvalue weighted by Gasteiger charge is -2.37. The van der Waals surface area contributed by atoms with E-state index >= 15 is 4.39 Å². The topological polar surface area (TPSA) is 80.0 Å². The Labute approximate surface area is 189 Å². The quantitative estimate of drug-likeness (QED) is 0.491. The molecule has 5 rings (SSSR count). The third kappa shape index (κ3) is 3.80. The Kier molecular flexibility index (Phi) is 5.04. The summed E-state index contributed by atoms with van der Waals surface area (Å²) >= 11 is 0. The first kappa shape index (κ1) is 21.3. The van der Waals surface area contributed by atoms with Gasteiger partial charge in [0.15, 0.2) is 11.6 Å². The zero-order valence-corrected chi connectivity index (χ0v) is 18.9. The number of piperazine rings is 1. The van der Waals surface area contributed by atoms with E-state index in [-0.39, 0.29) is 34.7 Å². The van der Waals surface area contributed by atoms with Gasteiger partial charge in [-0.25, -0.2) is 8.78 Å². The Morgan fingerprint density at radius 3 is 2.52 bits per heavy atom. The minimum absolute atomic E-state index is 0.147. The molecule has 1 fully saturated rings. The number of anilines is 3. The van der Waals surface area contributed by atoms with Gasteiger partial charge in [0.05, 0.1) is 10.9 Å². The first-order valence-corrected chi connectivity index (χ1v) is 10.8. The van der Waals surface area contributed by atoms with Crippen LogP contribution in [0.1, 0.15) is 25.6 Å². The molecule has 10 heteroatoms. The lowest BCUT2D eigenvalue weighted by molar-refractivity contribution is 0.0927. The van der Waals surface area contributed by atoms with Crippen molar-refractivity contribution in [1.82, 2.24) is 24.9 Å².